The van der Waals surface area contributed by atoms with E-state index in [1.54, 1.807) is 0 Å². The molecule has 19 heavy (non-hydrogen) atoms. The van der Waals surface area contributed by atoms with Gasteiger partial charge in [0.25, 0.3) is 0 Å². The molecular formula is C10H11F5N4. The predicted molar refractivity (Wildman–Crippen MR) is 56.3 cm³/mol. The third-order valence-corrected chi connectivity index (χ3v) is 2.32. The summed E-state index contributed by atoms with van der Waals surface area (Å²) in [5.41, 5.74) is 1.85. The first kappa shape index (κ1) is 15.2. The number of nitriles is 1. The molecule has 0 aliphatic heterocycles. The van der Waals surface area contributed by atoms with E-state index in [1.807, 2.05) is 0 Å². The van der Waals surface area contributed by atoms with E-state index < -0.39 is 34.7 Å². The van der Waals surface area contributed by atoms with Gasteiger partial charge in [0.15, 0.2) is 5.69 Å². The van der Waals surface area contributed by atoms with E-state index in [0.717, 1.165) is 4.68 Å². The number of nitrogen functional groups attached to an aromatic ring is 1. The molecule has 0 radical (unpaired) electrons. The summed E-state index contributed by atoms with van der Waals surface area (Å²) in [7, 11) is 0. The van der Waals surface area contributed by atoms with Gasteiger partial charge in [0.2, 0.25) is 0 Å². The predicted octanol–water partition coefficient (Wildman–Crippen LogP) is 2.75. The summed E-state index contributed by atoms with van der Waals surface area (Å²) in [4.78, 5) is 0. The second-order valence-electron chi connectivity index (χ2n) is 4.88. The van der Waals surface area contributed by atoms with E-state index in [2.05, 4.69) is 5.10 Å². The van der Waals surface area contributed by atoms with Crippen LogP contribution in [-0.4, -0.2) is 16.0 Å². The second-order valence-corrected chi connectivity index (χ2v) is 4.88. The molecule has 0 aliphatic carbocycles. The first-order valence-corrected chi connectivity index (χ1v) is 5.08. The molecule has 9 heteroatoms. The van der Waals surface area contributed by atoms with E-state index in [9.17, 15) is 22.0 Å². The van der Waals surface area contributed by atoms with Gasteiger partial charge in [-0.05, 0) is 20.8 Å². The number of halogens is 5. The quantitative estimate of drug-likeness (QED) is 0.805. The van der Waals surface area contributed by atoms with Crippen molar-refractivity contribution in [2.45, 2.75) is 38.4 Å². The number of alkyl halides is 5. The Hall–Kier alpha value is -1.85. The Morgan fingerprint density at radius 3 is 1.95 bits per heavy atom. The topological polar surface area (TPSA) is 67.6 Å². The van der Waals surface area contributed by atoms with Crippen molar-refractivity contribution in [2.24, 2.45) is 0 Å². The van der Waals surface area contributed by atoms with E-state index in [-0.39, 0.29) is 0 Å². The third kappa shape index (κ3) is 2.34. The van der Waals surface area contributed by atoms with Crippen LogP contribution in [0, 0.1) is 11.3 Å². The lowest BCUT2D eigenvalue weighted by Gasteiger charge is -2.21. The van der Waals surface area contributed by atoms with E-state index in [4.69, 9.17) is 11.0 Å². The van der Waals surface area contributed by atoms with Crippen LogP contribution in [0.2, 0.25) is 0 Å². The maximum absolute atomic E-state index is 13.3. The van der Waals surface area contributed by atoms with Gasteiger partial charge in [-0.1, -0.05) is 0 Å². The van der Waals surface area contributed by atoms with Gasteiger partial charge >= 0.3 is 12.1 Å². The van der Waals surface area contributed by atoms with Crippen molar-refractivity contribution in [1.82, 2.24) is 9.78 Å². The Bertz CT molecular complexity index is 530. The van der Waals surface area contributed by atoms with Gasteiger partial charge in [0.1, 0.15) is 17.5 Å². The Balaban J connectivity index is 3.61. The van der Waals surface area contributed by atoms with Gasteiger partial charge in [-0.15, -0.1) is 0 Å². The lowest BCUT2D eigenvalue weighted by molar-refractivity contribution is -0.291. The number of hydrogen-bond donors (Lipinski definition) is 1. The number of nitrogens with two attached hydrogens (primary N) is 1. The summed E-state index contributed by atoms with van der Waals surface area (Å²) in [6.45, 7) is 4.52. The normalized spacial score (nSPS) is 13.4. The van der Waals surface area contributed by atoms with Crippen molar-refractivity contribution < 1.29 is 22.0 Å². The fraction of sp³-hybridized carbons (Fsp3) is 0.600. The van der Waals surface area contributed by atoms with Crippen molar-refractivity contribution in [2.75, 3.05) is 5.73 Å². The van der Waals surface area contributed by atoms with Gasteiger partial charge in [-0.2, -0.15) is 32.3 Å². The number of nitrogens with zero attached hydrogens (tertiary/aromatic N) is 3. The van der Waals surface area contributed by atoms with Crippen LogP contribution in [0.3, 0.4) is 0 Å². The fourth-order valence-electron chi connectivity index (χ4n) is 1.41. The van der Waals surface area contributed by atoms with E-state index >= 15 is 0 Å². The first-order valence-electron chi connectivity index (χ1n) is 5.08. The molecule has 0 atom stereocenters. The highest BCUT2D eigenvalue weighted by molar-refractivity contribution is 5.54. The Morgan fingerprint density at radius 2 is 1.63 bits per heavy atom. The summed E-state index contributed by atoms with van der Waals surface area (Å²) < 4.78 is 64.3. The number of aromatic nitrogens is 2. The molecule has 1 heterocycles. The molecule has 0 bridgehead atoms. The minimum atomic E-state index is -5.85. The van der Waals surface area contributed by atoms with Gasteiger partial charge < -0.3 is 5.73 Å². The molecule has 4 nitrogen and oxygen atoms in total. The Morgan fingerprint density at radius 1 is 1.16 bits per heavy atom. The molecule has 1 aromatic rings. The van der Waals surface area contributed by atoms with Gasteiger partial charge in [-0.3, -0.25) is 0 Å². The zero-order chi connectivity index (χ0) is 15.2. The average Bonchev–Trinajstić information content (AvgIpc) is 2.53. The van der Waals surface area contributed by atoms with Crippen LogP contribution in [0.25, 0.3) is 0 Å². The average molecular weight is 282 g/mol. The zero-order valence-corrected chi connectivity index (χ0v) is 10.3. The van der Waals surface area contributed by atoms with Crippen LogP contribution in [0.5, 0.6) is 0 Å². The lowest BCUT2D eigenvalue weighted by atomic mass is 10.1. The number of rotatable bonds is 1. The van der Waals surface area contributed by atoms with Crippen molar-refractivity contribution in [3.8, 4) is 6.07 Å². The van der Waals surface area contributed by atoms with Crippen LogP contribution in [0.1, 0.15) is 32.0 Å². The Kier molecular flexibility index (Phi) is 3.26. The third-order valence-electron chi connectivity index (χ3n) is 2.32. The molecule has 2 N–H and O–H groups in total. The highest BCUT2D eigenvalue weighted by atomic mass is 19.4. The smallest absolute Gasteiger partial charge is 0.383 e. The zero-order valence-electron chi connectivity index (χ0n) is 10.3. The monoisotopic (exact) mass is 282 g/mol. The maximum atomic E-state index is 13.3. The summed E-state index contributed by atoms with van der Waals surface area (Å²) in [6.07, 6.45) is -5.85. The highest BCUT2D eigenvalue weighted by Crippen LogP contribution is 2.45. The molecule has 0 aliphatic rings. The molecule has 1 aromatic heterocycles. The molecule has 106 valence electrons. The molecular weight excluding hydrogens is 271 g/mol. The molecule has 0 saturated heterocycles. The first-order chi connectivity index (χ1) is 8.34. The Labute approximate surface area is 105 Å². The molecule has 0 aromatic carbocycles. The van der Waals surface area contributed by atoms with Crippen LogP contribution in [0.15, 0.2) is 0 Å². The molecule has 0 spiro atoms. The summed E-state index contributed by atoms with van der Waals surface area (Å²) in [5.74, 6) is -5.75. The van der Waals surface area contributed by atoms with Crippen molar-refractivity contribution in [3.63, 3.8) is 0 Å². The summed E-state index contributed by atoms with van der Waals surface area (Å²) in [6, 6.07) is 1.25. The SMILES string of the molecule is CC(C)(C)n1nc(C(F)(F)C(F)(F)F)c(C#N)c1N. The molecule has 0 saturated carbocycles. The van der Waals surface area contributed by atoms with Crippen LogP contribution in [0.4, 0.5) is 27.8 Å². The molecule has 1 rings (SSSR count). The maximum Gasteiger partial charge on any atom is 0.459 e. The lowest BCUT2D eigenvalue weighted by Crippen LogP contribution is -2.35. The second kappa shape index (κ2) is 4.08. The van der Waals surface area contributed by atoms with Crippen LogP contribution >= 0.6 is 0 Å². The van der Waals surface area contributed by atoms with E-state index in [1.165, 1.54) is 26.8 Å². The number of anilines is 1. The minimum absolute atomic E-state index is 0.520. The summed E-state index contributed by atoms with van der Waals surface area (Å²) >= 11 is 0. The van der Waals surface area contributed by atoms with Crippen LogP contribution in [-0.2, 0) is 11.5 Å². The van der Waals surface area contributed by atoms with Crippen LogP contribution < -0.4 is 5.73 Å². The van der Waals surface area contributed by atoms with Gasteiger partial charge in [0.05, 0.1) is 5.54 Å². The van der Waals surface area contributed by atoms with Crippen molar-refractivity contribution in [3.05, 3.63) is 11.3 Å². The van der Waals surface area contributed by atoms with Gasteiger partial charge in [0, 0.05) is 0 Å². The van der Waals surface area contributed by atoms with Crippen molar-refractivity contribution >= 4 is 5.82 Å². The van der Waals surface area contributed by atoms with Crippen molar-refractivity contribution in [1.29, 1.82) is 5.26 Å². The largest absolute Gasteiger partial charge is 0.459 e. The minimum Gasteiger partial charge on any atom is -0.383 e. The highest BCUT2D eigenvalue weighted by Gasteiger charge is 2.62. The molecule has 0 amide bonds. The van der Waals surface area contributed by atoms with E-state index in [0.29, 0.717) is 0 Å². The standard InChI is InChI=1S/C10H11F5N4/c1-8(2,3)19-7(17)5(4-16)6(18-19)9(11,12)10(13,14)15/h17H2,1-3H3. The summed E-state index contributed by atoms with van der Waals surface area (Å²) in [5, 5.41) is 11.9. The molecule has 0 fully saturated rings. The number of hydrogen-bond acceptors (Lipinski definition) is 3. The molecule has 0 unspecified atom stereocenters. The van der Waals surface area contributed by atoms with Gasteiger partial charge in [-0.25, -0.2) is 4.68 Å². The fourth-order valence-corrected chi connectivity index (χ4v) is 1.41.